The molecule has 0 radical (unpaired) electrons. The lowest BCUT2D eigenvalue weighted by Crippen LogP contribution is -2.29. The Hall–Kier alpha value is -3.72. The minimum Gasteiger partial charge on any atom is -0.355 e. The number of ketones is 1. The highest BCUT2D eigenvalue weighted by Crippen LogP contribution is 2.22. The molecule has 0 aliphatic carbocycles. The summed E-state index contributed by atoms with van der Waals surface area (Å²) in [6.45, 7) is 3.91. The van der Waals surface area contributed by atoms with Gasteiger partial charge in [0.1, 0.15) is 17.3 Å². The highest BCUT2D eigenvalue weighted by atomic mass is 16.1. The molecule has 168 valence electrons. The van der Waals surface area contributed by atoms with Crippen molar-refractivity contribution in [2.45, 2.75) is 12.8 Å². The molecule has 0 spiro atoms. The molecule has 1 aromatic carbocycles. The lowest BCUT2D eigenvalue weighted by Gasteiger charge is -2.21. The van der Waals surface area contributed by atoms with Gasteiger partial charge in [0.15, 0.2) is 5.78 Å². The van der Waals surface area contributed by atoms with Crippen LogP contribution in [0.3, 0.4) is 0 Å². The van der Waals surface area contributed by atoms with Gasteiger partial charge in [-0.3, -0.25) is 9.48 Å². The quantitative estimate of drug-likeness (QED) is 0.435. The van der Waals surface area contributed by atoms with Gasteiger partial charge in [0.25, 0.3) is 0 Å². The molecule has 33 heavy (non-hydrogen) atoms. The molecule has 1 fully saturated rings. The molecule has 0 bridgehead atoms. The van der Waals surface area contributed by atoms with E-state index < -0.39 is 0 Å². The summed E-state index contributed by atoms with van der Waals surface area (Å²) in [5, 5.41) is 9.07. The maximum absolute atomic E-state index is 13.0. The Morgan fingerprint density at radius 3 is 2.79 bits per heavy atom. The lowest BCUT2D eigenvalue weighted by molar-refractivity contribution is 0.0991. The number of carbonyl (C=O) groups is 1. The molecule has 1 aliphatic rings. The monoisotopic (exact) mass is 442 g/mol. The summed E-state index contributed by atoms with van der Waals surface area (Å²) in [5.41, 5.74) is 3.11. The van der Waals surface area contributed by atoms with Crippen molar-refractivity contribution in [1.82, 2.24) is 34.8 Å². The molecule has 1 aliphatic heterocycles. The number of hydrogen-bond donors (Lipinski definition) is 0. The fourth-order valence-corrected chi connectivity index (χ4v) is 4.07. The van der Waals surface area contributed by atoms with Crippen LogP contribution < -0.4 is 4.90 Å². The fourth-order valence-electron chi connectivity index (χ4n) is 4.07. The fraction of sp³-hybridized carbons (Fsp3) is 0.333. The molecule has 5 rings (SSSR count). The second kappa shape index (κ2) is 9.03. The topological polar surface area (TPSA) is 92.9 Å². The van der Waals surface area contributed by atoms with Gasteiger partial charge in [-0.05, 0) is 38.2 Å². The van der Waals surface area contributed by atoms with Crippen LogP contribution in [0.4, 0.5) is 5.82 Å². The Morgan fingerprint density at radius 1 is 1.03 bits per heavy atom. The number of pyridine rings is 1. The summed E-state index contributed by atoms with van der Waals surface area (Å²) in [6, 6.07) is 9.54. The van der Waals surface area contributed by atoms with Crippen LogP contribution >= 0.6 is 0 Å². The van der Waals surface area contributed by atoms with Crippen molar-refractivity contribution in [2.75, 3.05) is 38.1 Å². The van der Waals surface area contributed by atoms with E-state index in [-0.39, 0.29) is 12.2 Å². The summed E-state index contributed by atoms with van der Waals surface area (Å²) in [4.78, 5) is 31.2. The van der Waals surface area contributed by atoms with Gasteiger partial charge in [-0.25, -0.2) is 15.0 Å². The van der Waals surface area contributed by atoms with E-state index in [4.69, 9.17) is 0 Å². The molecular formula is C24H26N8O. The van der Waals surface area contributed by atoms with Gasteiger partial charge in [-0.2, -0.15) is 0 Å². The van der Waals surface area contributed by atoms with E-state index in [2.05, 4.69) is 42.1 Å². The summed E-state index contributed by atoms with van der Waals surface area (Å²) in [6.07, 6.45) is 6.55. The van der Waals surface area contributed by atoms with Crippen molar-refractivity contribution in [3.63, 3.8) is 0 Å². The van der Waals surface area contributed by atoms with Crippen molar-refractivity contribution >= 4 is 22.5 Å². The first-order valence-corrected chi connectivity index (χ1v) is 11.1. The first-order chi connectivity index (χ1) is 16.0. The maximum atomic E-state index is 13.0. The van der Waals surface area contributed by atoms with Crippen LogP contribution in [0.15, 0.2) is 48.9 Å². The van der Waals surface area contributed by atoms with Crippen LogP contribution in [0.1, 0.15) is 22.6 Å². The Balaban J connectivity index is 1.35. The zero-order valence-corrected chi connectivity index (χ0v) is 18.8. The van der Waals surface area contributed by atoms with Crippen LogP contribution in [0.5, 0.6) is 0 Å². The molecular weight excluding hydrogens is 416 g/mol. The number of benzene rings is 1. The molecule has 0 amide bonds. The normalized spacial score (nSPS) is 15.0. The lowest BCUT2D eigenvalue weighted by atomic mass is 10.1. The average molecular weight is 443 g/mol. The minimum atomic E-state index is -0.0185. The molecule has 4 aromatic rings. The molecule has 9 heteroatoms. The third-order valence-corrected chi connectivity index (χ3v) is 5.96. The number of Topliss-reactive ketones (excluding diaryl/α,β-unsaturated/α-hetero) is 1. The van der Waals surface area contributed by atoms with Gasteiger partial charge in [0, 0.05) is 55.6 Å². The summed E-state index contributed by atoms with van der Waals surface area (Å²) < 4.78 is 1.66. The molecule has 0 saturated carbocycles. The third-order valence-electron chi connectivity index (χ3n) is 5.96. The Labute approximate surface area is 192 Å². The number of fused-ring (bicyclic) bond motifs is 1. The van der Waals surface area contributed by atoms with Gasteiger partial charge in [0.05, 0.1) is 18.1 Å². The van der Waals surface area contributed by atoms with Crippen LogP contribution in [-0.2, 0) is 13.5 Å². The standard InChI is InChI=1S/C24H26N8O/c1-30-8-3-9-32(11-10-30)24-13-18(6-7-25-24)22(33)14-23-26-15-19-5-4-17(12-20(19)27-23)21-16-31(2)29-28-21/h4-7,12-13,15-16H,3,8-11,14H2,1-2H3. The number of aryl methyl sites for hydroxylation is 1. The van der Waals surface area contributed by atoms with E-state index in [1.165, 1.54) is 0 Å². The summed E-state index contributed by atoms with van der Waals surface area (Å²) >= 11 is 0. The molecule has 3 aromatic heterocycles. The van der Waals surface area contributed by atoms with Gasteiger partial charge in [-0.15, -0.1) is 5.10 Å². The predicted octanol–water partition coefficient (Wildman–Crippen LogP) is 2.39. The predicted molar refractivity (Wildman–Crippen MR) is 126 cm³/mol. The number of aromatic nitrogens is 6. The molecule has 1 saturated heterocycles. The molecule has 0 N–H and O–H groups in total. The van der Waals surface area contributed by atoms with Crippen LogP contribution in [0, 0.1) is 0 Å². The van der Waals surface area contributed by atoms with Crippen molar-refractivity contribution in [1.29, 1.82) is 0 Å². The Kier molecular flexibility index (Phi) is 5.78. The molecule has 0 atom stereocenters. The summed E-state index contributed by atoms with van der Waals surface area (Å²) in [7, 11) is 3.97. The van der Waals surface area contributed by atoms with Crippen molar-refractivity contribution in [3.05, 3.63) is 60.3 Å². The van der Waals surface area contributed by atoms with Crippen LogP contribution in [0.25, 0.3) is 22.2 Å². The number of rotatable bonds is 5. The zero-order valence-electron chi connectivity index (χ0n) is 18.8. The Bertz CT molecular complexity index is 1300. The van der Waals surface area contributed by atoms with Crippen molar-refractivity contribution in [2.24, 2.45) is 7.05 Å². The smallest absolute Gasteiger partial charge is 0.170 e. The summed E-state index contributed by atoms with van der Waals surface area (Å²) in [5.74, 6) is 1.33. The maximum Gasteiger partial charge on any atom is 0.170 e. The SMILES string of the molecule is CN1CCCN(c2cc(C(=O)Cc3ncc4ccc(-c5cn(C)nn5)cc4n3)ccn2)CC1. The zero-order chi connectivity index (χ0) is 22.8. The van der Waals surface area contributed by atoms with Crippen molar-refractivity contribution in [3.8, 4) is 11.3 Å². The second-order valence-electron chi connectivity index (χ2n) is 8.48. The molecule has 0 unspecified atom stereocenters. The number of anilines is 1. The number of hydrogen-bond acceptors (Lipinski definition) is 8. The van der Waals surface area contributed by atoms with E-state index in [9.17, 15) is 4.79 Å². The van der Waals surface area contributed by atoms with Crippen molar-refractivity contribution < 1.29 is 4.79 Å². The van der Waals surface area contributed by atoms with E-state index in [0.717, 1.165) is 60.6 Å². The van der Waals surface area contributed by atoms with Gasteiger partial charge >= 0.3 is 0 Å². The molecule has 9 nitrogen and oxygen atoms in total. The largest absolute Gasteiger partial charge is 0.355 e. The van der Waals surface area contributed by atoms with Gasteiger partial charge in [0.2, 0.25) is 0 Å². The Morgan fingerprint density at radius 2 is 1.94 bits per heavy atom. The third kappa shape index (κ3) is 4.73. The number of nitrogens with zero attached hydrogens (tertiary/aromatic N) is 8. The van der Waals surface area contributed by atoms with E-state index in [1.54, 1.807) is 23.1 Å². The van der Waals surface area contributed by atoms with E-state index >= 15 is 0 Å². The van der Waals surface area contributed by atoms with E-state index in [0.29, 0.717) is 11.4 Å². The van der Waals surface area contributed by atoms with Gasteiger partial charge < -0.3 is 9.80 Å². The highest BCUT2D eigenvalue weighted by molar-refractivity contribution is 5.98. The molecule has 4 heterocycles. The van der Waals surface area contributed by atoms with E-state index in [1.807, 2.05) is 37.5 Å². The van der Waals surface area contributed by atoms with Crippen LogP contribution in [0.2, 0.25) is 0 Å². The number of likely N-dealkylation sites (N-methyl/N-ethyl adjacent to an activating group) is 1. The first-order valence-electron chi connectivity index (χ1n) is 11.1. The average Bonchev–Trinajstić information content (AvgIpc) is 3.15. The van der Waals surface area contributed by atoms with Crippen LogP contribution in [-0.4, -0.2) is 73.9 Å². The number of carbonyl (C=O) groups excluding carboxylic acids is 1. The first kappa shape index (κ1) is 21.1. The second-order valence-corrected chi connectivity index (χ2v) is 8.48. The minimum absolute atomic E-state index is 0.0185. The van der Waals surface area contributed by atoms with Gasteiger partial charge in [-0.1, -0.05) is 17.3 Å². The highest BCUT2D eigenvalue weighted by Gasteiger charge is 2.16.